The fourth-order valence-corrected chi connectivity index (χ4v) is 5.07. The van der Waals surface area contributed by atoms with Crippen molar-refractivity contribution < 1.29 is 4.79 Å². The quantitative estimate of drug-likeness (QED) is 0.659. The molecule has 4 heterocycles. The normalized spacial score (nSPS) is 17.7. The lowest BCUT2D eigenvalue weighted by molar-refractivity contribution is -0.122. The minimum atomic E-state index is -0.213. The van der Waals surface area contributed by atoms with Gasteiger partial charge in [-0.1, -0.05) is 13.8 Å². The first-order valence-electron chi connectivity index (χ1n) is 10.1. The van der Waals surface area contributed by atoms with Crippen LogP contribution >= 0.6 is 11.3 Å². The summed E-state index contributed by atoms with van der Waals surface area (Å²) in [4.78, 5) is 28.9. The van der Waals surface area contributed by atoms with Gasteiger partial charge in [-0.15, -0.1) is 11.3 Å². The highest BCUT2D eigenvalue weighted by atomic mass is 32.1. The van der Waals surface area contributed by atoms with Gasteiger partial charge in [0.1, 0.15) is 22.7 Å². The maximum Gasteiger partial charge on any atom is 0.291 e. The van der Waals surface area contributed by atoms with E-state index in [1.165, 1.54) is 11.1 Å². The van der Waals surface area contributed by atoms with Gasteiger partial charge >= 0.3 is 0 Å². The molecule has 0 aliphatic carbocycles. The third kappa shape index (κ3) is 3.46. The summed E-state index contributed by atoms with van der Waals surface area (Å²) < 4.78 is 3.28. The molecule has 1 N–H and O–H groups in total. The van der Waals surface area contributed by atoms with Crippen molar-refractivity contribution in [1.29, 1.82) is 0 Å². The third-order valence-corrected chi connectivity index (χ3v) is 6.48. The number of carbonyl (C=O) groups is 1. The standard InChI is InChI=1S/C20H27N5O2S/c1-3-6-17-22-24(13-18(26)21-12-15-7-5-9-23(15)4-2)19(27)16-11-14-8-10-28-20(14)25(16)17/h8,10-11,15H,3-7,9,12-13H2,1-2H3,(H,21,26)/t15-/m0/s1. The molecule has 0 aromatic carbocycles. The Bertz CT molecular complexity index is 1050. The number of likely N-dealkylation sites (N-methyl/N-ethyl adjacent to an activating group) is 1. The van der Waals surface area contributed by atoms with E-state index in [9.17, 15) is 9.59 Å². The van der Waals surface area contributed by atoms with Crippen molar-refractivity contribution in [3.63, 3.8) is 0 Å². The van der Waals surface area contributed by atoms with Crippen LogP contribution in [0.15, 0.2) is 22.3 Å². The number of aryl methyl sites for hydroxylation is 1. The average Bonchev–Trinajstić information content (AvgIpc) is 3.39. The second-order valence-electron chi connectivity index (χ2n) is 7.40. The van der Waals surface area contributed by atoms with E-state index in [0.29, 0.717) is 18.1 Å². The topological polar surface area (TPSA) is 71.6 Å². The number of carbonyl (C=O) groups excluding carboxylic acids is 1. The molecule has 150 valence electrons. The molecular formula is C20H27N5O2S. The summed E-state index contributed by atoms with van der Waals surface area (Å²) in [5.74, 6) is 0.674. The first-order chi connectivity index (χ1) is 13.6. The van der Waals surface area contributed by atoms with E-state index in [1.807, 2.05) is 21.9 Å². The number of fused-ring (bicyclic) bond motifs is 3. The SMILES string of the molecule is CCCc1nn(CC(=O)NC[C@@H]2CCCN2CC)c(=O)c2cc3ccsc3n12. The van der Waals surface area contributed by atoms with Crippen molar-refractivity contribution in [2.45, 2.75) is 52.1 Å². The zero-order chi connectivity index (χ0) is 19.7. The van der Waals surface area contributed by atoms with Crippen LogP contribution in [0.4, 0.5) is 0 Å². The van der Waals surface area contributed by atoms with Crippen LogP contribution in [-0.4, -0.2) is 50.7 Å². The van der Waals surface area contributed by atoms with Gasteiger partial charge in [0.25, 0.3) is 5.56 Å². The van der Waals surface area contributed by atoms with Crippen molar-refractivity contribution in [2.75, 3.05) is 19.6 Å². The Morgan fingerprint density at radius 2 is 2.25 bits per heavy atom. The zero-order valence-corrected chi connectivity index (χ0v) is 17.3. The molecule has 28 heavy (non-hydrogen) atoms. The predicted octanol–water partition coefficient (Wildman–Crippen LogP) is 2.26. The number of rotatable bonds is 7. The summed E-state index contributed by atoms with van der Waals surface area (Å²) in [5.41, 5.74) is 0.385. The highest BCUT2D eigenvalue weighted by Crippen LogP contribution is 2.25. The van der Waals surface area contributed by atoms with Gasteiger partial charge in [-0.05, 0) is 49.9 Å². The van der Waals surface area contributed by atoms with Crippen LogP contribution in [0.1, 0.15) is 38.9 Å². The number of hydrogen-bond donors (Lipinski definition) is 1. The monoisotopic (exact) mass is 401 g/mol. The van der Waals surface area contributed by atoms with Gasteiger partial charge in [-0.3, -0.25) is 18.9 Å². The Morgan fingerprint density at radius 1 is 1.39 bits per heavy atom. The summed E-state index contributed by atoms with van der Waals surface area (Å²) in [6.45, 7) is 6.93. The average molecular weight is 402 g/mol. The van der Waals surface area contributed by atoms with Gasteiger partial charge < -0.3 is 5.32 Å². The van der Waals surface area contributed by atoms with E-state index < -0.39 is 0 Å². The van der Waals surface area contributed by atoms with Crippen LogP contribution in [-0.2, 0) is 17.8 Å². The number of hydrogen-bond acceptors (Lipinski definition) is 5. The van der Waals surface area contributed by atoms with Crippen LogP contribution in [0, 0.1) is 0 Å². The maximum absolute atomic E-state index is 12.9. The molecule has 1 atom stereocenters. The van der Waals surface area contributed by atoms with E-state index in [4.69, 9.17) is 0 Å². The fourth-order valence-electron chi connectivity index (χ4n) is 4.16. The summed E-state index contributed by atoms with van der Waals surface area (Å²) in [7, 11) is 0. The van der Waals surface area contributed by atoms with Crippen LogP contribution in [0.25, 0.3) is 15.7 Å². The molecule has 0 spiro atoms. The summed E-state index contributed by atoms with van der Waals surface area (Å²) in [6.07, 6.45) is 3.97. The van der Waals surface area contributed by atoms with E-state index >= 15 is 0 Å². The highest BCUT2D eigenvalue weighted by Gasteiger charge is 2.23. The maximum atomic E-state index is 12.9. The molecule has 0 saturated carbocycles. The molecule has 0 unspecified atom stereocenters. The lowest BCUT2D eigenvalue weighted by atomic mass is 10.2. The van der Waals surface area contributed by atoms with Crippen LogP contribution in [0.5, 0.6) is 0 Å². The zero-order valence-electron chi connectivity index (χ0n) is 16.5. The molecular weight excluding hydrogens is 374 g/mol. The van der Waals surface area contributed by atoms with E-state index in [0.717, 1.165) is 48.4 Å². The Labute approximate surface area is 167 Å². The van der Waals surface area contributed by atoms with Crippen molar-refractivity contribution in [3.8, 4) is 0 Å². The highest BCUT2D eigenvalue weighted by molar-refractivity contribution is 7.16. The first kappa shape index (κ1) is 19.1. The fraction of sp³-hybridized carbons (Fsp3) is 0.550. The summed E-state index contributed by atoms with van der Waals surface area (Å²) in [6, 6.07) is 4.32. The predicted molar refractivity (Wildman–Crippen MR) is 112 cm³/mol. The molecule has 3 aromatic rings. The lowest BCUT2D eigenvalue weighted by Crippen LogP contribution is -2.42. The molecule has 0 bridgehead atoms. The van der Waals surface area contributed by atoms with Crippen molar-refractivity contribution >= 4 is 33.0 Å². The Hall–Kier alpha value is -2.19. The Kier molecular flexibility index (Phi) is 5.50. The second kappa shape index (κ2) is 8.05. The minimum Gasteiger partial charge on any atom is -0.353 e. The molecule has 1 amide bonds. The Morgan fingerprint density at radius 3 is 3.04 bits per heavy atom. The Balaban J connectivity index is 1.57. The van der Waals surface area contributed by atoms with Crippen LogP contribution < -0.4 is 10.9 Å². The lowest BCUT2D eigenvalue weighted by Gasteiger charge is -2.22. The molecule has 7 nitrogen and oxygen atoms in total. The number of nitrogens with zero attached hydrogens (tertiary/aromatic N) is 4. The van der Waals surface area contributed by atoms with E-state index in [-0.39, 0.29) is 18.0 Å². The molecule has 1 fully saturated rings. The molecule has 3 aromatic heterocycles. The number of nitrogens with one attached hydrogen (secondary N) is 1. The summed E-state index contributed by atoms with van der Waals surface area (Å²) >= 11 is 1.61. The number of thiophene rings is 1. The summed E-state index contributed by atoms with van der Waals surface area (Å²) in [5, 5.41) is 10.6. The third-order valence-electron chi connectivity index (χ3n) is 5.57. The van der Waals surface area contributed by atoms with Crippen molar-refractivity contribution in [3.05, 3.63) is 33.7 Å². The molecule has 8 heteroatoms. The van der Waals surface area contributed by atoms with Gasteiger partial charge in [0.05, 0.1) is 0 Å². The van der Waals surface area contributed by atoms with Gasteiger partial charge in [0.2, 0.25) is 5.91 Å². The molecule has 1 saturated heterocycles. The van der Waals surface area contributed by atoms with E-state index in [1.54, 1.807) is 11.3 Å². The van der Waals surface area contributed by atoms with Crippen molar-refractivity contribution in [2.24, 2.45) is 0 Å². The first-order valence-corrected chi connectivity index (χ1v) is 11.0. The number of aromatic nitrogens is 3. The van der Waals surface area contributed by atoms with Crippen LogP contribution in [0.2, 0.25) is 0 Å². The van der Waals surface area contributed by atoms with Gasteiger partial charge in [-0.2, -0.15) is 5.10 Å². The molecule has 1 aliphatic heterocycles. The van der Waals surface area contributed by atoms with Gasteiger partial charge in [0.15, 0.2) is 0 Å². The number of amides is 1. The molecule has 0 radical (unpaired) electrons. The molecule has 1 aliphatic rings. The van der Waals surface area contributed by atoms with E-state index in [2.05, 4.69) is 29.2 Å². The van der Waals surface area contributed by atoms with Crippen LogP contribution in [0.3, 0.4) is 0 Å². The van der Waals surface area contributed by atoms with Gasteiger partial charge in [-0.25, -0.2) is 4.68 Å². The van der Waals surface area contributed by atoms with Gasteiger partial charge in [0, 0.05) is 24.4 Å². The smallest absolute Gasteiger partial charge is 0.291 e. The minimum absolute atomic E-state index is 0.0380. The molecule has 4 rings (SSSR count). The second-order valence-corrected chi connectivity index (χ2v) is 8.30. The van der Waals surface area contributed by atoms with Crippen molar-refractivity contribution in [1.82, 2.24) is 24.4 Å². The largest absolute Gasteiger partial charge is 0.353 e. The number of likely N-dealkylation sites (tertiary alicyclic amines) is 1.